The number of nitrogens with zero attached hydrogens (tertiary/aromatic N) is 1. The van der Waals surface area contributed by atoms with Gasteiger partial charge in [-0.1, -0.05) is 41.9 Å². The van der Waals surface area contributed by atoms with E-state index in [2.05, 4.69) is 0 Å². The first kappa shape index (κ1) is 22.2. The number of amides is 2. The SMILES string of the molecule is O=C1SC(=Cc2ccc(-c3ccc(Cl)c(C(F)(F)F)c3)o2)C(=O)N1CCc1ccccc1. The van der Waals surface area contributed by atoms with Crippen LogP contribution in [0.4, 0.5) is 18.0 Å². The molecule has 0 aliphatic carbocycles. The number of hydrogen-bond acceptors (Lipinski definition) is 4. The number of rotatable bonds is 5. The van der Waals surface area contributed by atoms with Crippen LogP contribution in [0.5, 0.6) is 0 Å². The van der Waals surface area contributed by atoms with Gasteiger partial charge in [-0.05, 0) is 54.1 Å². The first-order valence-electron chi connectivity index (χ1n) is 9.48. The van der Waals surface area contributed by atoms with E-state index >= 15 is 0 Å². The lowest BCUT2D eigenvalue weighted by Gasteiger charge is -2.11. The van der Waals surface area contributed by atoms with Gasteiger partial charge in [0.1, 0.15) is 11.5 Å². The molecule has 2 amide bonds. The van der Waals surface area contributed by atoms with Gasteiger partial charge in [-0.3, -0.25) is 14.5 Å². The van der Waals surface area contributed by atoms with Crippen LogP contribution >= 0.6 is 23.4 Å². The fourth-order valence-electron chi connectivity index (χ4n) is 3.19. The first-order chi connectivity index (χ1) is 15.2. The van der Waals surface area contributed by atoms with Crippen molar-refractivity contribution >= 4 is 40.6 Å². The molecular formula is C23H15ClF3NO3S. The zero-order valence-corrected chi connectivity index (χ0v) is 17.9. The van der Waals surface area contributed by atoms with Crippen LogP contribution in [0.2, 0.25) is 5.02 Å². The monoisotopic (exact) mass is 477 g/mol. The molecule has 1 aliphatic rings. The topological polar surface area (TPSA) is 50.5 Å². The molecule has 1 saturated heterocycles. The number of alkyl halides is 3. The molecule has 0 radical (unpaired) electrons. The Morgan fingerprint density at radius 2 is 1.78 bits per heavy atom. The summed E-state index contributed by atoms with van der Waals surface area (Å²) in [5, 5.41) is -0.784. The van der Waals surface area contributed by atoms with Gasteiger partial charge in [0.2, 0.25) is 0 Å². The first-order valence-corrected chi connectivity index (χ1v) is 10.7. The van der Waals surface area contributed by atoms with E-state index in [0.29, 0.717) is 6.42 Å². The van der Waals surface area contributed by atoms with Crippen LogP contribution in [0.1, 0.15) is 16.9 Å². The van der Waals surface area contributed by atoms with Crippen LogP contribution < -0.4 is 0 Å². The van der Waals surface area contributed by atoms with E-state index < -0.39 is 22.7 Å². The minimum absolute atomic E-state index is 0.182. The van der Waals surface area contributed by atoms with E-state index in [9.17, 15) is 22.8 Å². The summed E-state index contributed by atoms with van der Waals surface area (Å²) < 4.78 is 44.9. The van der Waals surface area contributed by atoms with Gasteiger partial charge in [0.25, 0.3) is 11.1 Å². The van der Waals surface area contributed by atoms with Gasteiger partial charge in [-0.2, -0.15) is 13.2 Å². The Morgan fingerprint density at radius 3 is 2.50 bits per heavy atom. The van der Waals surface area contributed by atoms with Crippen molar-refractivity contribution in [1.82, 2.24) is 4.90 Å². The third kappa shape index (κ3) is 4.76. The standard InChI is InChI=1S/C23H15ClF3NO3S/c24-18-8-6-15(12-17(18)23(25,26)27)19-9-7-16(31-19)13-20-21(29)28(22(30)32-20)11-10-14-4-2-1-3-5-14/h1-9,12-13H,10-11H2. The quantitative estimate of drug-likeness (QED) is 0.375. The summed E-state index contributed by atoms with van der Waals surface area (Å²) in [7, 11) is 0. The summed E-state index contributed by atoms with van der Waals surface area (Å²) in [6.07, 6.45) is -2.65. The lowest BCUT2D eigenvalue weighted by molar-refractivity contribution is -0.137. The average Bonchev–Trinajstić information content (AvgIpc) is 3.32. The molecule has 164 valence electrons. The molecule has 4 rings (SSSR count). The molecule has 32 heavy (non-hydrogen) atoms. The maximum atomic E-state index is 13.1. The van der Waals surface area contributed by atoms with Crippen LogP contribution in [0.3, 0.4) is 0 Å². The minimum Gasteiger partial charge on any atom is -0.457 e. The predicted molar refractivity (Wildman–Crippen MR) is 117 cm³/mol. The zero-order valence-electron chi connectivity index (χ0n) is 16.4. The number of carbonyl (C=O) groups is 2. The molecule has 0 unspecified atom stereocenters. The maximum absolute atomic E-state index is 13.1. The molecule has 0 N–H and O–H groups in total. The molecule has 4 nitrogen and oxygen atoms in total. The predicted octanol–water partition coefficient (Wildman–Crippen LogP) is 6.90. The van der Waals surface area contributed by atoms with E-state index in [1.54, 1.807) is 0 Å². The fourth-order valence-corrected chi connectivity index (χ4v) is 4.26. The van der Waals surface area contributed by atoms with E-state index in [-0.39, 0.29) is 33.8 Å². The molecular weight excluding hydrogens is 463 g/mol. The Bertz CT molecular complexity index is 1200. The summed E-state index contributed by atoms with van der Waals surface area (Å²) in [5.74, 6) is -0.00137. The van der Waals surface area contributed by atoms with Crippen molar-refractivity contribution in [3.05, 3.63) is 87.5 Å². The number of benzene rings is 2. The van der Waals surface area contributed by atoms with Crippen molar-refractivity contribution in [3.8, 4) is 11.3 Å². The molecule has 0 saturated carbocycles. The highest BCUT2D eigenvalue weighted by molar-refractivity contribution is 8.18. The second-order valence-corrected chi connectivity index (χ2v) is 8.36. The number of imide groups is 1. The highest BCUT2D eigenvalue weighted by Crippen LogP contribution is 2.38. The van der Waals surface area contributed by atoms with Gasteiger partial charge in [0.15, 0.2) is 0 Å². The van der Waals surface area contributed by atoms with Crippen LogP contribution in [-0.2, 0) is 17.4 Å². The van der Waals surface area contributed by atoms with Crippen molar-refractivity contribution in [1.29, 1.82) is 0 Å². The van der Waals surface area contributed by atoms with Crippen LogP contribution in [0.25, 0.3) is 17.4 Å². The molecule has 0 atom stereocenters. The number of furan rings is 1. The fraction of sp³-hybridized carbons (Fsp3) is 0.130. The average molecular weight is 478 g/mol. The van der Waals surface area contributed by atoms with Gasteiger partial charge in [-0.15, -0.1) is 0 Å². The van der Waals surface area contributed by atoms with Crippen molar-refractivity contribution in [3.63, 3.8) is 0 Å². The number of hydrogen-bond donors (Lipinski definition) is 0. The second kappa shape index (κ2) is 8.88. The number of halogens is 4. The van der Waals surface area contributed by atoms with E-state index in [0.717, 1.165) is 29.5 Å². The summed E-state index contributed by atoms with van der Waals surface area (Å²) in [6, 6.07) is 16.0. The molecule has 2 aromatic carbocycles. The molecule has 3 aromatic rings. The second-order valence-electron chi connectivity index (χ2n) is 6.96. The molecule has 1 fully saturated rings. The van der Waals surface area contributed by atoms with Crippen LogP contribution in [-0.4, -0.2) is 22.6 Å². The van der Waals surface area contributed by atoms with Gasteiger partial charge < -0.3 is 4.42 Å². The third-order valence-electron chi connectivity index (χ3n) is 4.80. The number of thioether (sulfide) groups is 1. The Hall–Kier alpha value is -2.97. The summed E-state index contributed by atoms with van der Waals surface area (Å²) in [4.78, 5) is 26.3. The molecule has 9 heteroatoms. The maximum Gasteiger partial charge on any atom is 0.417 e. The third-order valence-corrected chi connectivity index (χ3v) is 6.03. The Morgan fingerprint density at radius 1 is 1.03 bits per heavy atom. The molecule has 0 spiro atoms. The van der Waals surface area contributed by atoms with E-state index in [4.69, 9.17) is 16.0 Å². The van der Waals surface area contributed by atoms with Crippen LogP contribution in [0, 0.1) is 0 Å². The number of carbonyl (C=O) groups excluding carboxylic acids is 2. The van der Waals surface area contributed by atoms with Crippen molar-refractivity contribution in [2.24, 2.45) is 0 Å². The van der Waals surface area contributed by atoms with Crippen molar-refractivity contribution in [2.45, 2.75) is 12.6 Å². The summed E-state index contributed by atoms with van der Waals surface area (Å²) in [5.41, 5.74) is 0.235. The van der Waals surface area contributed by atoms with Gasteiger partial charge >= 0.3 is 6.18 Å². The zero-order chi connectivity index (χ0) is 22.9. The van der Waals surface area contributed by atoms with Gasteiger partial charge in [-0.25, -0.2) is 0 Å². The van der Waals surface area contributed by atoms with Crippen molar-refractivity contribution in [2.75, 3.05) is 6.54 Å². The molecule has 1 aromatic heterocycles. The lowest BCUT2D eigenvalue weighted by atomic mass is 10.1. The van der Waals surface area contributed by atoms with E-state index in [1.807, 2.05) is 30.3 Å². The minimum atomic E-state index is -4.60. The molecule has 1 aliphatic heterocycles. The molecule has 2 heterocycles. The summed E-state index contributed by atoms with van der Waals surface area (Å²) >= 11 is 6.46. The van der Waals surface area contributed by atoms with Gasteiger partial charge in [0.05, 0.1) is 15.5 Å². The van der Waals surface area contributed by atoms with Crippen LogP contribution in [0.15, 0.2) is 70.0 Å². The van der Waals surface area contributed by atoms with Gasteiger partial charge in [0, 0.05) is 18.2 Å². The highest BCUT2D eigenvalue weighted by Gasteiger charge is 2.35. The Labute approximate surface area is 190 Å². The van der Waals surface area contributed by atoms with Crippen molar-refractivity contribution < 1.29 is 27.2 Å². The van der Waals surface area contributed by atoms with E-state index in [1.165, 1.54) is 29.2 Å². The Kier molecular flexibility index (Phi) is 6.17. The largest absolute Gasteiger partial charge is 0.457 e. The summed E-state index contributed by atoms with van der Waals surface area (Å²) in [6.45, 7) is 0.250. The molecule has 0 bridgehead atoms. The normalized spacial score (nSPS) is 15.8. The Balaban J connectivity index is 1.51. The lowest BCUT2D eigenvalue weighted by Crippen LogP contribution is -2.30. The highest BCUT2D eigenvalue weighted by atomic mass is 35.5. The smallest absolute Gasteiger partial charge is 0.417 e.